The fourth-order valence-corrected chi connectivity index (χ4v) is 2.29. The van der Waals surface area contributed by atoms with E-state index in [0.29, 0.717) is 11.8 Å². The molecule has 0 aliphatic carbocycles. The summed E-state index contributed by atoms with van der Waals surface area (Å²) in [5.41, 5.74) is 2.00. The van der Waals surface area contributed by atoms with Gasteiger partial charge in [-0.05, 0) is 37.0 Å². The standard InChI is InChI=1S/C14H17N3O2/c1-4-12(14-17-16-10-19-14)7-13(5-1)15-8-11-3-2-6-18-9-11/h1,4-5,7,10-11,15H,2-3,6,8-9H2. The average Bonchev–Trinajstić information content (AvgIpc) is 3.01. The summed E-state index contributed by atoms with van der Waals surface area (Å²) < 4.78 is 10.7. The van der Waals surface area contributed by atoms with Gasteiger partial charge in [-0.25, -0.2) is 0 Å². The lowest BCUT2D eigenvalue weighted by Gasteiger charge is -2.22. The molecule has 2 aromatic rings. The van der Waals surface area contributed by atoms with E-state index < -0.39 is 0 Å². The molecule has 1 aliphatic heterocycles. The van der Waals surface area contributed by atoms with Crippen LogP contribution in [0.15, 0.2) is 35.1 Å². The molecule has 0 bridgehead atoms. The van der Waals surface area contributed by atoms with Gasteiger partial charge in [0, 0.05) is 24.4 Å². The van der Waals surface area contributed by atoms with E-state index in [1.165, 1.54) is 12.8 Å². The molecule has 0 spiro atoms. The molecule has 5 nitrogen and oxygen atoms in total. The predicted molar refractivity (Wildman–Crippen MR) is 71.8 cm³/mol. The van der Waals surface area contributed by atoms with Crippen molar-refractivity contribution in [1.82, 2.24) is 10.2 Å². The number of nitrogens with zero attached hydrogens (tertiary/aromatic N) is 2. The van der Waals surface area contributed by atoms with Gasteiger partial charge in [0.2, 0.25) is 12.3 Å². The largest absolute Gasteiger partial charge is 0.423 e. The first-order valence-electron chi connectivity index (χ1n) is 6.60. The lowest BCUT2D eigenvalue weighted by Crippen LogP contribution is -2.24. The van der Waals surface area contributed by atoms with Gasteiger partial charge >= 0.3 is 0 Å². The molecule has 1 aromatic carbocycles. The van der Waals surface area contributed by atoms with E-state index in [1.807, 2.05) is 24.3 Å². The van der Waals surface area contributed by atoms with E-state index in [1.54, 1.807) is 0 Å². The second-order valence-corrected chi connectivity index (χ2v) is 4.79. The maximum atomic E-state index is 5.48. The second kappa shape index (κ2) is 5.84. The molecular formula is C14H17N3O2. The van der Waals surface area contributed by atoms with Crippen LogP contribution in [-0.4, -0.2) is 30.0 Å². The summed E-state index contributed by atoms with van der Waals surface area (Å²) >= 11 is 0. The van der Waals surface area contributed by atoms with Crippen molar-refractivity contribution in [2.45, 2.75) is 12.8 Å². The van der Waals surface area contributed by atoms with Crippen LogP contribution in [0.2, 0.25) is 0 Å². The molecule has 5 heteroatoms. The SMILES string of the molecule is c1cc(NCC2CCCOC2)cc(-c2nnco2)c1. The zero-order chi connectivity index (χ0) is 12.9. The lowest BCUT2D eigenvalue weighted by molar-refractivity contribution is 0.0595. The van der Waals surface area contributed by atoms with Crippen LogP contribution in [-0.2, 0) is 4.74 Å². The van der Waals surface area contributed by atoms with Crippen LogP contribution < -0.4 is 5.32 Å². The van der Waals surface area contributed by atoms with Gasteiger partial charge in [-0.2, -0.15) is 0 Å². The van der Waals surface area contributed by atoms with Crippen molar-refractivity contribution in [3.63, 3.8) is 0 Å². The Balaban J connectivity index is 1.63. The van der Waals surface area contributed by atoms with Crippen LogP contribution >= 0.6 is 0 Å². The number of benzene rings is 1. The van der Waals surface area contributed by atoms with Gasteiger partial charge in [0.05, 0.1) is 6.61 Å². The number of ether oxygens (including phenoxy) is 1. The molecule has 0 saturated carbocycles. The minimum atomic E-state index is 0.546. The Bertz CT molecular complexity index is 507. The summed E-state index contributed by atoms with van der Waals surface area (Å²) in [6.07, 6.45) is 3.74. The van der Waals surface area contributed by atoms with Crippen molar-refractivity contribution < 1.29 is 9.15 Å². The highest BCUT2D eigenvalue weighted by Gasteiger charge is 2.13. The summed E-state index contributed by atoms with van der Waals surface area (Å²) in [4.78, 5) is 0. The van der Waals surface area contributed by atoms with E-state index in [2.05, 4.69) is 15.5 Å². The van der Waals surface area contributed by atoms with Crippen LogP contribution in [0.5, 0.6) is 0 Å². The van der Waals surface area contributed by atoms with Gasteiger partial charge in [0.25, 0.3) is 0 Å². The zero-order valence-electron chi connectivity index (χ0n) is 10.7. The van der Waals surface area contributed by atoms with Gasteiger partial charge in [-0.3, -0.25) is 0 Å². The van der Waals surface area contributed by atoms with Gasteiger partial charge in [0.1, 0.15) is 0 Å². The Morgan fingerprint density at radius 3 is 3.16 bits per heavy atom. The van der Waals surface area contributed by atoms with Crippen molar-refractivity contribution in [2.24, 2.45) is 5.92 Å². The molecule has 1 N–H and O–H groups in total. The van der Waals surface area contributed by atoms with E-state index in [0.717, 1.165) is 37.4 Å². The average molecular weight is 259 g/mol. The van der Waals surface area contributed by atoms with E-state index in [4.69, 9.17) is 9.15 Å². The Kier molecular flexibility index (Phi) is 3.74. The van der Waals surface area contributed by atoms with Gasteiger partial charge in [-0.1, -0.05) is 6.07 Å². The summed E-state index contributed by atoms with van der Waals surface area (Å²) in [5.74, 6) is 1.14. The topological polar surface area (TPSA) is 60.2 Å². The first-order valence-corrected chi connectivity index (χ1v) is 6.60. The van der Waals surface area contributed by atoms with Crippen molar-refractivity contribution in [1.29, 1.82) is 0 Å². The molecule has 1 aliphatic rings. The van der Waals surface area contributed by atoms with Crippen LogP contribution in [0, 0.1) is 5.92 Å². The number of nitrogens with one attached hydrogen (secondary N) is 1. The highest BCUT2D eigenvalue weighted by atomic mass is 16.5. The number of aromatic nitrogens is 2. The highest BCUT2D eigenvalue weighted by molar-refractivity contribution is 5.60. The highest BCUT2D eigenvalue weighted by Crippen LogP contribution is 2.21. The quantitative estimate of drug-likeness (QED) is 0.914. The summed E-state index contributed by atoms with van der Waals surface area (Å²) in [6.45, 7) is 2.70. The smallest absolute Gasteiger partial charge is 0.247 e. The Morgan fingerprint density at radius 2 is 2.37 bits per heavy atom. The minimum absolute atomic E-state index is 0.546. The fraction of sp³-hybridized carbons (Fsp3) is 0.429. The normalized spacial score (nSPS) is 19.3. The minimum Gasteiger partial charge on any atom is -0.423 e. The number of hydrogen-bond acceptors (Lipinski definition) is 5. The predicted octanol–water partition coefficient (Wildman–Crippen LogP) is 2.58. The summed E-state index contributed by atoms with van der Waals surface area (Å²) in [7, 11) is 0. The molecule has 1 unspecified atom stereocenters. The van der Waals surface area contributed by atoms with Crippen LogP contribution in [0.1, 0.15) is 12.8 Å². The molecular weight excluding hydrogens is 242 g/mol. The molecule has 0 radical (unpaired) electrons. The van der Waals surface area contributed by atoms with Gasteiger partial charge in [-0.15, -0.1) is 10.2 Å². The lowest BCUT2D eigenvalue weighted by atomic mass is 10.0. The van der Waals surface area contributed by atoms with Crippen LogP contribution in [0.3, 0.4) is 0 Å². The van der Waals surface area contributed by atoms with E-state index >= 15 is 0 Å². The third-order valence-electron chi connectivity index (χ3n) is 3.32. The molecule has 1 fully saturated rings. The second-order valence-electron chi connectivity index (χ2n) is 4.79. The molecule has 2 heterocycles. The van der Waals surface area contributed by atoms with Crippen LogP contribution in [0.4, 0.5) is 5.69 Å². The Labute approximate surface area is 112 Å². The van der Waals surface area contributed by atoms with Crippen molar-refractivity contribution in [3.05, 3.63) is 30.7 Å². The molecule has 19 heavy (non-hydrogen) atoms. The molecule has 1 atom stereocenters. The van der Waals surface area contributed by atoms with E-state index in [-0.39, 0.29) is 0 Å². The first-order chi connectivity index (χ1) is 9.42. The number of rotatable bonds is 4. The monoisotopic (exact) mass is 259 g/mol. The summed E-state index contributed by atoms with van der Waals surface area (Å²) in [6, 6.07) is 8.02. The first kappa shape index (κ1) is 12.2. The van der Waals surface area contributed by atoms with E-state index in [9.17, 15) is 0 Å². The number of anilines is 1. The van der Waals surface area contributed by atoms with Crippen molar-refractivity contribution in [2.75, 3.05) is 25.1 Å². The third-order valence-corrected chi connectivity index (χ3v) is 3.32. The maximum absolute atomic E-state index is 5.48. The number of hydrogen-bond donors (Lipinski definition) is 1. The Hall–Kier alpha value is -1.88. The van der Waals surface area contributed by atoms with Gasteiger partial charge in [0.15, 0.2) is 0 Å². The Morgan fingerprint density at radius 1 is 1.37 bits per heavy atom. The fourth-order valence-electron chi connectivity index (χ4n) is 2.29. The van der Waals surface area contributed by atoms with Crippen LogP contribution in [0.25, 0.3) is 11.5 Å². The molecule has 0 amide bonds. The molecule has 3 rings (SSSR count). The summed E-state index contributed by atoms with van der Waals surface area (Å²) in [5, 5.41) is 11.1. The molecule has 100 valence electrons. The van der Waals surface area contributed by atoms with Crippen molar-refractivity contribution in [3.8, 4) is 11.5 Å². The third kappa shape index (κ3) is 3.12. The molecule has 1 aromatic heterocycles. The zero-order valence-corrected chi connectivity index (χ0v) is 10.7. The maximum Gasteiger partial charge on any atom is 0.247 e. The van der Waals surface area contributed by atoms with Gasteiger partial charge < -0.3 is 14.5 Å². The van der Waals surface area contributed by atoms with Crippen molar-refractivity contribution >= 4 is 5.69 Å². The molecule has 1 saturated heterocycles.